The van der Waals surface area contributed by atoms with E-state index in [9.17, 15) is 0 Å². The van der Waals surface area contributed by atoms with Crippen LogP contribution in [0.15, 0.2) is 26.5 Å². The molecule has 13 heavy (non-hydrogen) atoms. The van der Waals surface area contributed by atoms with Gasteiger partial charge in [0, 0.05) is 9.92 Å². The highest BCUT2D eigenvalue weighted by Gasteiger charge is 1.99. The van der Waals surface area contributed by atoms with Gasteiger partial charge in [0.1, 0.15) is 0 Å². The smallest absolute Gasteiger partial charge is 0.0610 e. The second kappa shape index (κ2) is 5.44. The van der Waals surface area contributed by atoms with Crippen molar-refractivity contribution >= 4 is 61.3 Å². The van der Waals surface area contributed by atoms with Crippen LogP contribution in [-0.2, 0) is 0 Å². The van der Waals surface area contributed by atoms with E-state index in [1.54, 1.807) is 11.8 Å². The first-order valence-electron chi connectivity index (χ1n) is 3.49. The number of rotatable bonds is 2. The minimum absolute atomic E-state index is 0.767. The van der Waals surface area contributed by atoms with Gasteiger partial charge in [-0.25, -0.2) is 0 Å². The SMILES string of the molecule is CSc1ccc(C=C(Br)Br)c(Cl)c1. The van der Waals surface area contributed by atoms with E-state index in [1.165, 1.54) is 4.90 Å². The summed E-state index contributed by atoms with van der Waals surface area (Å²) in [6.07, 6.45) is 3.95. The average molecular weight is 342 g/mol. The Morgan fingerprint density at radius 1 is 1.46 bits per heavy atom. The van der Waals surface area contributed by atoms with Crippen molar-refractivity contribution in [1.29, 1.82) is 0 Å². The molecule has 1 aromatic rings. The summed E-state index contributed by atoms with van der Waals surface area (Å²) in [5, 5.41) is 0.767. The summed E-state index contributed by atoms with van der Waals surface area (Å²) < 4.78 is 0.888. The monoisotopic (exact) mass is 340 g/mol. The van der Waals surface area contributed by atoms with Gasteiger partial charge < -0.3 is 0 Å². The molecule has 0 spiro atoms. The van der Waals surface area contributed by atoms with Crippen LogP contribution in [0.5, 0.6) is 0 Å². The molecule has 0 radical (unpaired) electrons. The third-order valence-electron chi connectivity index (χ3n) is 1.47. The zero-order valence-electron chi connectivity index (χ0n) is 6.85. The normalized spacial score (nSPS) is 9.85. The zero-order chi connectivity index (χ0) is 9.84. The van der Waals surface area contributed by atoms with Crippen LogP contribution < -0.4 is 0 Å². The number of hydrogen-bond donors (Lipinski definition) is 0. The standard InChI is InChI=1S/C9H7Br2ClS/c1-13-7-3-2-6(4-9(10)11)8(12)5-7/h2-5H,1H3. The fourth-order valence-electron chi connectivity index (χ4n) is 0.869. The highest BCUT2D eigenvalue weighted by atomic mass is 79.9. The fraction of sp³-hybridized carbons (Fsp3) is 0.111. The van der Waals surface area contributed by atoms with Crippen LogP contribution in [-0.4, -0.2) is 6.26 Å². The summed E-state index contributed by atoms with van der Waals surface area (Å²) in [6, 6.07) is 6.00. The minimum Gasteiger partial charge on any atom is -0.130 e. The number of hydrogen-bond acceptors (Lipinski definition) is 1. The molecular weight excluding hydrogens is 335 g/mol. The van der Waals surface area contributed by atoms with Crippen LogP contribution >= 0.6 is 55.2 Å². The summed E-state index contributed by atoms with van der Waals surface area (Å²) in [6.45, 7) is 0. The average Bonchev–Trinajstić information content (AvgIpc) is 2.08. The van der Waals surface area contributed by atoms with Gasteiger partial charge in [0.25, 0.3) is 0 Å². The van der Waals surface area contributed by atoms with Crippen molar-refractivity contribution in [3.8, 4) is 0 Å². The lowest BCUT2D eigenvalue weighted by molar-refractivity contribution is 1.45. The van der Waals surface area contributed by atoms with Gasteiger partial charge in [-0.1, -0.05) is 17.7 Å². The molecule has 0 aliphatic heterocycles. The van der Waals surface area contributed by atoms with Gasteiger partial charge in [0.2, 0.25) is 0 Å². The van der Waals surface area contributed by atoms with Crippen molar-refractivity contribution in [2.75, 3.05) is 6.26 Å². The van der Waals surface area contributed by atoms with Crippen molar-refractivity contribution in [3.05, 3.63) is 32.2 Å². The largest absolute Gasteiger partial charge is 0.130 e. The van der Waals surface area contributed by atoms with Crippen molar-refractivity contribution in [3.63, 3.8) is 0 Å². The second-order valence-electron chi connectivity index (χ2n) is 2.32. The summed E-state index contributed by atoms with van der Waals surface area (Å²) in [5.74, 6) is 0. The Hall–Kier alpha value is 0.560. The van der Waals surface area contributed by atoms with E-state index >= 15 is 0 Å². The predicted molar refractivity (Wildman–Crippen MR) is 69.1 cm³/mol. The van der Waals surface area contributed by atoms with Gasteiger partial charge >= 0.3 is 0 Å². The third-order valence-corrected chi connectivity index (χ3v) is 2.98. The molecule has 0 aliphatic carbocycles. The van der Waals surface area contributed by atoms with Gasteiger partial charge in [0.15, 0.2) is 0 Å². The van der Waals surface area contributed by atoms with Crippen LogP contribution in [0.3, 0.4) is 0 Å². The molecular formula is C9H7Br2ClS. The maximum atomic E-state index is 6.05. The zero-order valence-corrected chi connectivity index (χ0v) is 11.6. The Morgan fingerprint density at radius 3 is 2.62 bits per heavy atom. The van der Waals surface area contributed by atoms with E-state index in [-0.39, 0.29) is 0 Å². The number of benzene rings is 1. The van der Waals surface area contributed by atoms with Crippen molar-refractivity contribution < 1.29 is 0 Å². The molecule has 1 rings (SSSR count). The quantitative estimate of drug-likeness (QED) is 0.670. The Kier molecular flexibility index (Phi) is 4.87. The molecule has 0 saturated heterocycles. The highest BCUT2D eigenvalue weighted by Crippen LogP contribution is 2.27. The third kappa shape index (κ3) is 3.66. The number of thioether (sulfide) groups is 1. The highest BCUT2D eigenvalue weighted by molar-refractivity contribution is 9.28. The van der Waals surface area contributed by atoms with Crippen LogP contribution in [0.2, 0.25) is 5.02 Å². The van der Waals surface area contributed by atoms with Crippen LogP contribution in [0.25, 0.3) is 6.08 Å². The van der Waals surface area contributed by atoms with E-state index in [0.29, 0.717) is 0 Å². The molecule has 70 valence electrons. The van der Waals surface area contributed by atoms with Crippen LogP contribution in [0.1, 0.15) is 5.56 Å². The lowest BCUT2D eigenvalue weighted by atomic mass is 10.2. The van der Waals surface area contributed by atoms with E-state index < -0.39 is 0 Å². The van der Waals surface area contributed by atoms with Gasteiger partial charge in [-0.2, -0.15) is 0 Å². The summed E-state index contributed by atoms with van der Waals surface area (Å²) in [5.41, 5.74) is 1.00. The van der Waals surface area contributed by atoms with Gasteiger partial charge in [-0.05, 0) is 61.9 Å². The summed E-state index contributed by atoms with van der Waals surface area (Å²) in [4.78, 5) is 1.17. The molecule has 0 N–H and O–H groups in total. The van der Waals surface area contributed by atoms with E-state index in [1.807, 2.05) is 30.5 Å². The van der Waals surface area contributed by atoms with E-state index in [2.05, 4.69) is 31.9 Å². The second-order valence-corrected chi connectivity index (χ2v) is 6.38. The minimum atomic E-state index is 0.767. The topological polar surface area (TPSA) is 0 Å². The Morgan fingerprint density at radius 2 is 2.15 bits per heavy atom. The lowest BCUT2D eigenvalue weighted by Crippen LogP contribution is -1.76. The Bertz CT molecular complexity index is 332. The predicted octanol–water partition coefficient (Wildman–Crippen LogP) is 5.15. The molecule has 0 heterocycles. The fourth-order valence-corrected chi connectivity index (χ4v) is 2.10. The van der Waals surface area contributed by atoms with Crippen LogP contribution in [0, 0.1) is 0 Å². The number of halogens is 3. The van der Waals surface area contributed by atoms with Crippen LogP contribution in [0.4, 0.5) is 0 Å². The van der Waals surface area contributed by atoms with Crippen molar-refractivity contribution in [2.24, 2.45) is 0 Å². The Labute approximate surface area is 104 Å². The van der Waals surface area contributed by atoms with E-state index in [0.717, 1.165) is 14.0 Å². The lowest BCUT2D eigenvalue weighted by Gasteiger charge is -2.01. The molecule has 0 aliphatic rings. The first kappa shape index (κ1) is 11.6. The molecule has 0 saturated carbocycles. The van der Waals surface area contributed by atoms with E-state index in [4.69, 9.17) is 11.6 Å². The molecule has 0 bridgehead atoms. The molecule has 0 aromatic heterocycles. The maximum absolute atomic E-state index is 6.05. The summed E-state index contributed by atoms with van der Waals surface area (Å²) in [7, 11) is 0. The van der Waals surface area contributed by atoms with Gasteiger partial charge in [-0.15, -0.1) is 11.8 Å². The summed E-state index contributed by atoms with van der Waals surface area (Å²) >= 11 is 14.3. The first-order chi connectivity index (χ1) is 6.13. The first-order valence-corrected chi connectivity index (χ1v) is 6.68. The molecule has 0 atom stereocenters. The molecule has 1 aromatic carbocycles. The molecule has 0 amide bonds. The van der Waals surface area contributed by atoms with Crippen molar-refractivity contribution in [1.82, 2.24) is 0 Å². The molecule has 0 nitrogen and oxygen atoms in total. The van der Waals surface area contributed by atoms with Crippen molar-refractivity contribution in [2.45, 2.75) is 4.90 Å². The van der Waals surface area contributed by atoms with Gasteiger partial charge in [-0.3, -0.25) is 0 Å². The molecule has 4 heteroatoms. The Balaban J connectivity index is 3.05. The maximum Gasteiger partial charge on any atom is 0.0610 e. The van der Waals surface area contributed by atoms with Gasteiger partial charge in [0.05, 0.1) is 3.39 Å². The molecule has 0 fully saturated rings. The molecule has 0 unspecified atom stereocenters.